The molecule has 0 saturated carbocycles. The second-order valence-electron chi connectivity index (χ2n) is 1.66. The van der Waals surface area contributed by atoms with Gasteiger partial charge in [-0.25, -0.2) is 0 Å². The standard InChI is InChI=1S/C2H4O2.2CH3.Tl/c1-2(3)4;;;/h1H3,(H,3,4);2*1H3;/q;;;+1/p-1. The molecule has 0 aliphatic rings. The summed E-state index contributed by atoms with van der Waals surface area (Å²) in [6.45, 7) is 1.46. The van der Waals surface area contributed by atoms with Gasteiger partial charge in [0.25, 0.3) is 0 Å². The van der Waals surface area contributed by atoms with Gasteiger partial charge in [0.2, 0.25) is 0 Å². The summed E-state index contributed by atoms with van der Waals surface area (Å²) in [6.07, 6.45) is 0. The van der Waals surface area contributed by atoms with E-state index in [1.54, 1.807) is 0 Å². The van der Waals surface area contributed by atoms with Crippen molar-refractivity contribution < 1.29 is 7.48 Å². The molecule has 7 heavy (non-hydrogen) atoms. The van der Waals surface area contributed by atoms with Crippen LogP contribution in [0.5, 0.6) is 0 Å². The van der Waals surface area contributed by atoms with Crippen LogP contribution in [0.25, 0.3) is 0 Å². The normalized spacial score (nSPS) is 7.86. The van der Waals surface area contributed by atoms with Gasteiger partial charge in [-0.3, -0.25) is 0 Å². The van der Waals surface area contributed by atoms with Crippen molar-refractivity contribution in [3.63, 3.8) is 0 Å². The van der Waals surface area contributed by atoms with Gasteiger partial charge in [0.05, 0.1) is 0 Å². The number of rotatable bonds is 1. The first-order valence-electron chi connectivity index (χ1n) is 2.30. The molecule has 0 unspecified atom stereocenters. The number of hydrogen-bond donors (Lipinski definition) is 0. The van der Waals surface area contributed by atoms with Gasteiger partial charge >= 0.3 is 52.5 Å². The van der Waals surface area contributed by atoms with E-state index in [2.05, 4.69) is 0 Å². The van der Waals surface area contributed by atoms with Crippen LogP contribution in [-0.2, 0) is 7.48 Å². The summed E-state index contributed by atoms with van der Waals surface area (Å²) in [5.74, 6) is -0.114. The second-order valence-corrected chi connectivity index (χ2v) is 10.7. The Morgan fingerprint density at radius 1 is 1.57 bits per heavy atom. The maximum atomic E-state index is 10.1. The van der Waals surface area contributed by atoms with Crippen molar-refractivity contribution in [2.45, 2.75) is 15.9 Å². The van der Waals surface area contributed by atoms with Gasteiger partial charge in [0.15, 0.2) is 0 Å². The van der Waals surface area contributed by atoms with Crippen molar-refractivity contribution in [1.29, 1.82) is 0 Å². The Balaban J connectivity index is 3.13. The molecule has 0 N–H and O–H groups in total. The van der Waals surface area contributed by atoms with Crippen LogP contribution in [-0.4, -0.2) is 29.1 Å². The Labute approximate surface area is 52.6 Å². The minimum absolute atomic E-state index is 0.114. The molecular weight excluding hydrogens is 284 g/mol. The first-order chi connectivity index (χ1) is 3.13. The summed E-state index contributed by atoms with van der Waals surface area (Å²) in [7, 11) is 0. The summed E-state index contributed by atoms with van der Waals surface area (Å²) in [5.41, 5.74) is 0. The molecule has 0 amide bonds. The molecule has 0 atom stereocenters. The number of carbonyl (C=O) groups is 1. The number of carbonyl (C=O) groups excluding carboxylic acids is 1. The van der Waals surface area contributed by atoms with Gasteiger partial charge in [-0.2, -0.15) is 0 Å². The van der Waals surface area contributed by atoms with E-state index in [1.807, 2.05) is 8.97 Å². The SMILES string of the molecule is CC(=O)[O][Tl]([CH3])[CH3]. The Bertz CT molecular complexity index is 70.1. The average molecular weight is 293 g/mol. The van der Waals surface area contributed by atoms with Gasteiger partial charge < -0.3 is 0 Å². The molecule has 0 radical (unpaired) electrons. The quantitative estimate of drug-likeness (QED) is 0.669. The molecule has 2 nitrogen and oxygen atoms in total. The third kappa shape index (κ3) is 6.39. The van der Waals surface area contributed by atoms with Crippen molar-refractivity contribution in [1.82, 2.24) is 0 Å². The molecule has 0 heterocycles. The van der Waals surface area contributed by atoms with Crippen molar-refractivity contribution in [2.75, 3.05) is 0 Å². The molecule has 0 aliphatic carbocycles. The Morgan fingerprint density at radius 3 is 2.00 bits per heavy atom. The Morgan fingerprint density at radius 2 is 2.00 bits per heavy atom. The molecule has 0 aromatic carbocycles. The van der Waals surface area contributed by atoms with E-state index >= 15 is 0 Å². The van der Waals surface area contributed by atoms with Gasteiger partial charge in [0.1, 0.15) is 0 Å². The predicted octanol–water partition coefficient (Wildman–Crippen LogP) is 0.801. The van der Waals surface area contributed by atoms with Crippen LogP contribution >= 0.6 is 0 Å². The van der Waals surface area contributed by atoms with E-state index < -0.39 is 23.2 Å². The molecule has 40 valence electrons. The molecule has 0 fully saturated rings. The van der Waals surface area contributed by atoms with E-state index in [1.165, 1.54) is 6.92 Å². The molecule has 0 bridgehead atoms. The first kappa shape index (κ1) is 7.39. The van der Waals surface area contributed by atoms with Crippen LogP contribution in [0.2, 0.25) is 8.97 Å². The van der Waals surface area contributed by atoms with Gasteiger partial charge in [-0.1, -0.05) is 0 Å². The van der Waals surface area contributed by atoms with E-state index in [4.69, 9.17) is 2.69 Å². The molecule has 3 heteroatoms. The van der Waals surface area contributed by atoms with Gasteiger partial charge in [-0.15, -0.1) is 0 Å². The van der Waals surface area contributed by atoms with Crippen LogP contribution in [0.3, 0.4) is 0 Å². The van der Waals surface area contributed by atoms with Crippen LogP contribution in [0.1, 0.15) is 6.92 Å². The fourth-order valence-corrected chi connectivity index (χ4v) is 2.91. The zero-order valence-electron chi connectivity index (χ0n) is 4.89. The van der Waals surface area contributed by atoms with Crippen molar-refractivity contribution in [2.24, 2.45) is 0 Å². The maximum absolute atomic E-state index is 10.1. The Hall–Kier alpha value is 0.392. The van der Waals surface area contributed by atoms with Gasteiger partial charge in [0, 0.05) is 0 Å². The van der Waals surface area contributed by atoms with E-state index in [0.29, 0.717) is 0 Å². The van der Waals surface area contributed by atoms with Crippen LogP contribution in [0.15, 0.2) is 0 Å². The van der Waals surface area contributed by atoms with Crippen LogP contribution in [0, 0.1) is 0 Å². The van der Waals surface area contributed by atoms with E-state index in [0.717, 1.165) is 0 Å². The van der Waals surface area contributed by atoms with Crippen LogP contribution < -0.4 is 0 Å². The number of hydrogen-bond acceptors (Lipinski definition) is 2. The topological polar surface area (TPSA) is 26.3 Å². The third-order valence-electron chi connectivity index (χ3n) is 0.402. The fourth-order valence-electron chi connectivity index (χ4n) is 0.332. The summed E-state index contributed by atoms with van der Waals surface area (Å²) < 4.78 is 8.92. The minimum atomic E-state index is -1.74. The molecule has 0 aromatic rings. The molecule has 0 saturated heterocycles. The van der Waals surface area contributed by atoms with E-state index in [-0.39, 0.29) is 5.97 Å². The molecular formula is C4H9O2Tl. The monoisotopic (exact) mass is 294 g/mol. The predicted molar refractivity (Wildman–Crippen MR) is 29.2 cm³/mol. The van der Waals surface area contributed by atoms with Crippen molar-refractivity contribution >= 4 is 29.1 Å². The first-order valence-corrected chi connectivity index (χ1v) is 13.1. The van der Waals surface area contributed by atoms with Crippen molar-refractivity contribution in [3.05, 3.63) is 0 Å². The van der Waals surface area contributed by atoms with E-state index in [9.17, 15) is 4.79 Å². The zero-order valence-corrected chi connectivity index (χ0v) is 9.38. The summed E-state index contributed by atoms with van der Waals surface area (Å²) in [4.78, 5) is 10.1. The van der Waals surface area contributed by atoms with Crippen molar-refractivity contribution in [3.8, 4) is 0 Å². The van der Waals surface area contributed by atoms with Gasteiger partial charge in [-0.05, 0) is 0 Å². The summed E-state index contributed by atoms with van der Waals surface area (Å²) in [5, 5.41) is 0. The third-order valence-corrected chi connectivity index (χ3v) is 3.52. The summed E-state index contributed by atoms with van der Waals surface area (Å²) >= 11 is -1.74. The zero-order chi connectivity index (χ0) is 5.86. The fraction of sp³-hybridized carbons (Fsp3) is 0.750. The molecule has 0 aromatic heterocycles. The Kier molecular flexibility index (Phi) is 3.59. The average Bonchev–Trinajstić information content (AvgIpc) is 1.27. The van der Waals surface area contributed by atoms with Crippen LogP contribution in [0.4, 0.5) is 0 Å². The molecule has 0 spiro atoms. The summed E-state index contributed by atoms with van der Waals surface area (Å²) in [6, 6.07) is 0. The second kappa shape index (κ2) is 3.40. The molecule has 0 aliphatic heterocycles. The molecule has 0 rings (SSSR count).